The minimum absolute atomic E-state index is 0.0665. The maximum atomic E-state index is 13.0. The van der Waals surface area contributed by atoms with Crippen LogP contribution >= 0.6 is 0 Å². The van der Waals surface area contributed by atoms with Crippen molar-refractivity contribution in [1.82, 2.24) is 4.90 Å². The number of imide groups is 1. The molecule has 0 saturated heterocycles. The fraction of sp³-hybridized carbons (Fsp3) is 0.724. The highest BCUT2D eigenvalue weighted by Gasteiger charge is 2.40. The first-order valence-corrected chi connectivity index (χ1v) is 16.0. The summed E-state index contributed by atoms with van der Waals surface area (Å²) in [6, 6.07) is -0.340. The van der Waals surface area contributed by atoms with E-state index >= 15 is 0 Å². The second-order valence-corrected chi connectivity index (χ2v) is 16.9. The molecule has 1 aliphatic heterocycles. The summed E-state index contributed by atoms with van der Waals surface area (Å²) >= 11 is 0. The van der Waals surface area contributed by atoms with Gasteiger partial charge in [0.1, 0.15) is 5.76 Å². The Morgan fingerprint density at radius 1 is 1.20 bits per heavy atom. The van der Waals surface area contributed by atoms with Crippen LogP contribution in [0.4, 0.5) is 0 Å². The Labute approximate surface area is 216 Å². The Balaban J connectivity index is 2.85. The van der Waals surface area contributed by atoms with Crippen LogP contribution in [0.15, 0.2) is 35.1 Å². The smallest absolute Gasteiger partial charge is 0.257 e. The summed E-state index contributed by atoms with van der Waals surface area (Å²) in [5, 5.41) is 0.155. The van der Waals surface area contributed by atoms with Crippen LogP contribution in [0.1, 0.15) is 82.1 Å². The molecule has 6 heteroatoms. The van der Waals surface area contributed by atoms with Crippen molar-refractivity contribution in [2.24, 2.45) is 17.8 Å². The Morgan fingerprint density at radius 2 is 1.77 bits per heavy atom. The van der Waals surface area contributed by atoms with Crippen molar-refractivity contribution in [2.45, 2.75) is 112 Å². The van der Waals surface area contributed by atoms with E-state index in [1.54, 1.807) is 0 Å². The lowest BCUT2D eigenvalue weighted by molar-refractivity contribution is -0.145. The van der Waals surface area contributed by atoms with Gasteiger partial charge in [0.15, 0.2) is 8.32 Å². The van der Waals surface area contributed by atoms with E-state index in [2.05, 4.69) is 80.6 Å². The largest absolute Gasteiger partial charge is 0.499 e. The molecule has 5 atom stereocenters. The number of nitrogens with zero attached hydrogens (tertiary/aromatic N) is 1. The maximum Gasteiger partial charge on any atom is 0.257 e. The topological polar surface area (TPSA) is 55.8 Å². The van der Waals surface area contributed by atoms with Gasteiger partial charge in [-0.15, -0.1) is 0 Å². The fourth-order valence-corrected chi connectivity index (χ4v) is 6.00. The molecule has 0 aromatic rings. The lowest BCUT2D eigenvalue weighted by Crippen LogP contribution is -2.45. The molecule has 0 N–H and O–H groups in total. The van der Waals surface area contributed by atoms with E-state index in [0.29, 0.717) is 11.7 Å². The van der Waals surface area contributed by atoms with E-state index in [1.165, 1.54) is 29.2 Å². The summed E-state index contributed by atoms with van der Waals surface area (Å²) in [4.78, 5) is 26.7. The van der Waals surface area contributed by atoms with Gasteiger partial charge in [-0.2, -0.15) is 0 Å². The van der Waals surface area contributed by atoms with Gasteiger partial charge in [-0.1, -0.05) is 59.3 Å². The van der Waals surface area contributed by atoms with Crippen LogP contribution in [0.5, 0.6) is 0 Å². The zero-order chi connectivity index (χ0) is 27.3. The molecule has 1 heterocycles. The van der Waals surface area contributed by atoms with Gasteiger partial charge in [0, 0.05) is 17.9 Å². The van der Waals surface area contributed by atoms with Crippen molar-refractivity contribution in [3.8, 4) is 0 Å². The lowest BCUT2D eigenvalue weighted by Gasteiger charge is -2.41. The monoisotopic (exact) mass is 505 g/mol. The van der Waals surface area contributed by atoms with E-state index in [1.807, 2.05) is 13.8 Å². The lowest BCUT2D eigenvalue weighted by atomic mass is 9.89. The molecule has 2 amide bonds. The van der Waals surface area contributed by atoms with Crippen molar-refractivity contribution >= 4 is 20.1 Å². The van der Waals surface area contributed by atoms with Gasteiger partial charge in [0.2, 0.25) is 5.91 Å². The van der Waals surface area contributed by atoms with E-state index in [9.17, 15) is 9.59 Å². The summed E-state index contributed by atoms with van der Waals surface area (Å²) in [6.07, 6.45) is 7.63. The van der Waals surface area contributed by atoms with Crippen molar-refractivity contribution < 1.29 is 18.8 Å². The van der Waals surface area contributed by atoms with Crippen LogP contribution < -0.4 is 0 Å². The van der Waals surface area contributed by atoms with Gasteiger partial charge in [0.25, 0.3) is 5.91 Å². The van der Waals surface area contributed by atoms with Gasteiger partial charge >= 0.3 is 0 Å². The summed E-state index contributed by atoms with van der Waals surface area (Å²) in [5.74, 6) is 0.486. The molecule has 0 fully saturated rings. The second kappa shape index (κ2) is 12.5. The van der Waals surface area contributed by atoms with Gasteiger partial charge in [-0.3, -0.25) is 14.5 Å². The third kappa shape index (κ3) is 8.17. The molecule has 35 heavy (non-hydrogen) atoms. The molecule has 0 unspecified atom stereocenters. The highest BCUT2D eigenvalue weighted by Crippen LogP contribution is 2.39. The molecule has 1 rings (SSSR count). The molecule has 0 radical (unpaired) electrons. The number of allylic oxidation sites excluding steroid dienone is 2. The Hall–Kier alpha value is -1.66. The SMILES string of the molecule is C/C=C(\C)[C@H](O[Si](C)(C)C(C)(C)C)[C@H](C)/C=C(\C)C[C@H](C)C[C@@H](C)C(=O)N1C(=O)C=C(OC)[C@@H]1C. The highest BCUT2D eigenvalue weighted by molar-refractivity contribution is 6.74. The summed E-state index contributed by atoms with van der Waals surface area (Å²) in [7, 11) is -0.380. The van der Waals surface area contributed by atoms with Crippen LogP contribution in [0, 0.1) is 17.8 Å². The first kappa shape index (κ1) is 31.4. The number of hydrogen-bond donors (Lipinski definition) is 0. The third-order valence-electron chi connectivity index (χ3n) is 7.78. The Bertz CT molecular complexity index is 849. The molecule has 0 bridgehead atoms. The minimum atomic E-state index is -1.91. The third-order valence-corrected chi connectivity index (χ3v) is 12.2. The van der Waals surface area contributed by atoms with Crippen molar-refractivity contribution in [3.05, 3.63) is 35.1 Å². The average Bonchev–Trinajstić information content (AvgIpc) is 3.02. The maximum absolute atomic E-state index is 13.0. The van der Waals surface area contributed by atoms with Crippen molar-refractivity contribution in [1.29, 1.82) is 0 Å². The quantitative estimate of drug-likeness (QED) is 0.219. The average molecular weight is 506 g/mol. The highest BCUT2D eigenvalue weighted by atomic mass is 28.4. The molecule has 0 aliphatic carbocycles. The van der Waals surface area contributed by atoms with Crippen LogP contribution in [-0.2, 0) is 18.8 Å². The van der Waals surface area contributed by atoms with Gasteiger partial charge < -0.3 is 9.16 Å². The summed E-state index contributed by atoms with van der Waals surface area (Å²) in [5.41, 5.74) is 2.58. The van der Waals surface area contributed by atoms with Gasteiger partial charge in [-0.05, 0) is 70.2 Å². The molecule has 0 saturated carbocycles. The first-order chi connectivity index (χ1) is 16.0. The normalized spacial score (nSPS) is 21.5. The van der Waals surface area contributed by atoms with E-state index in [4.69, 9.17) is 9.16 Å². The summed E-state index contributed by atoms with van der Waals surface area (Å²) in [6.45, 7) is 26.0. The number of carbonyl (C=O) groups excluding carboxylic acids is 2. The minimum Gasteiger partial charge on any atom is -0.499 e. The zero-order valence-corrected chi connectivity index (χ0v) is 25.6. The standard InChI is InChI=1S/C29H51NO4Si/c1-14-21(4)27(34-35(12,13)29(8,9)10)22(5)16-19(2)15-20(3)17-23(6)28(32)30-24(7)25(33-11)18-26(30)31/h14,16,18,20,22-24,27H,15,17H2,1-13H3/b19-16+,21-14+/t20-,22+,23+,24-,27-/m0/s1. The van der Waals surface area contributed by atoms with Crippen LogP contribution in [0.3, 0.4) is 0 Å². The van der Waals surface area contributed by atoms with Gasteiger partial charge in [-0.25, -0.2) is 0 Å². The number of ether oxygens (including phenoxy) is 1. The zero-order valence-electron chi connectivity index (χ0n) is 24.6. The molecule has 200 valence electrons. The number of methoxy groups -OCH3 is 1. The fourth-order valence-electron chi connectivity index (χ4n) is 4.61. The molecular weight excluding hydrogens is 454 g/mol. The van der Waals surface area contributed by atoms with Crippen molar-refractivity contribution in [3.63, 3.8) is 0 Å². The number of rotatable bonds is 11. The first-order valence-electron chi connectivity index (χ1n) is 13.1. The second-order valence-electron chi connectivity index (χ2n) is 12.1. The predicted molar refractivity (Wildman–Crippen MR) is 148 cm³/mol. The molecule has 1 aliphatic rings. The van der Waals surface area contributed by atoms with E-state index in [-0.39, 0.29) is 40.8 Å². The van der Waals surface area contributed by atoms with Gasteiger partial charge in [0.05, 0.1) is 19.3 Å². The van der Waals surface area contributed by atoms with Crippen LogP contribution in [-0.4, -0.2) is 44.3 Å². The number of amides is 2. The van der Waals surface area contributed by atoms with E-state index < -0.39 is 8.32 Å². The molecule has 0 aromatic heterocycles. The van der Waals surface area contributed by atoms with E-state index in [0.717, 1.165) is 12.8 Å². The number of hydrogen-bond acceptors (Lipinski definition) is 4. The molecule has 0 aromatic carbocycles. The Kier molecular flexibility index (Phi) is 11.2. The van der Waals surface area contributed by atoms with Crippen molar-refractivity contribution in [2.75, 3.05) is 7.11 Å². The molecule has 5 nitrogen and oxygen atoms in total. The Morgan fingerprint density at radius 3 is 2.23 bits per heavy atom. The molecular formula is C29H51NO4Si. The molecule has 0 spiro atoms. The van der Waals surface area contributed by atoms with Crippen LogP contribution in [0.25, 0.3) is 0 Å². The predicted octanol–water partition coefficient (Wildman–Crippen LogP) is 7.27. The van der Waals surface area contributed by atoms with Crippen LogP contribution in [0.2, 0.25) is 18.1 Å². The summed E-state index contributed by atoms with van der Waals surface area (Å²) < 4.78 is 12.1. The number of carbonyl (C=O) groups is 2.